The van der Waals surface area contributed by atoms with Crippen LogP contribution in [0.25, 0.3) is 0 Å². The van der Waals surface area contributed by atoms with Crippen LogP contribution in [-0.2, 0) is 6.54 Å². The Kier molecular flexibility index (Phi) is 3.61. The Bertz CT molecular complexity index is 426. The van der Waals surface area contributed by atoms with E-state index in [0.29, 0.717) is 12.1 Å². The van der Waals surface area contributed by atoms with Gasteiger partial charge in [-0.05, 0) is 57.8 Å². The summed E-state index contributed by atoms with van der Waals surface area (Å²) >= 11 is 0. The molecule has 19 heavy (non-hydrogen) atoms. The summed E-state index contributed by atoms with van der Waals surface area (Å²) in [6.45, 7) is 7.49. The first kappa shape index (κ1) is 13.1. The monoisotopic (exact) mass is 262 g/mol. The van der Waals surface area contributed by atoms with E-state index in [2.05, 4.69) is 36.2 Å². The van der Waals surface area contributed by atoms with Crippen molar-refractivity contribution < 1.29 is 0 Å². The molecule has 0 aliphatic heterocycles. The maximum absolute atomic E-state index is 4.37. The third kappa shape index (κ3) is 2.55. The van der Waals surface area contributed by atoms with E-state index in [0.717, 1.165) is 30.1 Å². The SMILES string of the molecule is CC(NCc1ncnn1C(C)C)C1CC2CCC1C2. The van der Waals surface area contributed by atoms with Crippen molar-refractivity contribution in [2.75, 3.05) is 0 Å². The first-order valence-corrected chi connectivity index (χ1v) is 7.77. The van der Waals surface area contributed by atoms with Gasteiger partial charge < -0.3 is 5.32 Å². The van der Waals surface area contributed by atoms with Crippen LogP contribution in [0.15, 0.2) is 6.33 Å². The molecule has 4 atom stereocenters. The van der Waals surface area contributed by atoms with Gasteiger partial charge in [-0.1, -0.05) is 6.42 Å². The van der Waals surface area contributed by atoms with E-state index in [-0.39, 0.29) is 0 Å². The second-order valence-electron chi connectivity index (χ2n) is 6.72. The Morgan fingerprint density at radius 1 is 1.32 bits per heavy atom. The van der Waals surface area contributed by atoms with Crippen LogP contribution in [-0.4, -0.2) is 20.8 Å². The first-order chi connectivity index (χ1) is 9.15. The molecule has 0 aromatic carbocycles. The minimum absolute atomic E-state index is 0.386. The molecule has 1 heterocycles. The largest absolute Gasteiger partial charge is 0.307 e. The summed E-state index contributed by atoms with van der Waals surface area (Å²) in [5.74, 6) is 3.95. The molecule has 2 aliphatic rings. The zero-order chi connectivity index (χ0) is 13.4. The van der Waals surface area contributed by atoms with Crippen molar-refractivity contribution in [1.29, 1.82) is 0 Å². The van der Waals surface area contributed by atoms with E-state index in [1.54, 1.807) is 6.33 Å². The highest BCUT2D eigenvalue weighted by atomic mass is 15.4. The van der Waals surface area contributed by atoms with Crippen LogP contribution in [0.4, 0.5) is 0 Å². The number of hydrogen-bond donors (Lipinski definition) is 1. The summed E-state index contributed by atoms with van der Waals surface area (Å²) in [5.41, 5.74) is 0. The Labute approximate surface area is 116 Å². The summed E-state index contributed by atoms with van der Waals surface area (Å²) in [6.07, 6.45) is 7.53. The van der Waals surface area contributed by atoms with Crippen molar-refractivity contribution in [3.8, 4) is 0 Å². The van der Waals surface area contributed by atoms with Crippen molar-refractivity contribution in [1.82, 2.24) is 20.1 Å². The van der Waals surface area contributed by atoms with Crippen molar-refractivity contribution in [2.24, 2.45) is 17.8 Å². The number of hydrogen-bond acceptors (Lipinski definition) is 3. The number of aromatic nitrogens is 3. The molecule has 3 rings (SSSR count). The van der Waals surface area contributed by atoms with E-state index < -0.39 is 0 Å². The van der Waals surface area contributed by atoms with Crippen molar-refractivity contribution in [3.63, 3.8) is 0 Å². The minimum Gasteiger partial charge on any atom is -0.307 e. The highest BCUT2D eigenvalue weighted by Crippen LogP contribution is 2.49. The van der Waals surface area contributed by atoms with E-state index in [9.17, 15) is 0 Å². The first-order valence-electron chi connectivity index (χ1n) is 7.77. The van der Waals surface area contributed by atoms with Crippen LogP contribution in [0.5, 0.6) is 0 Å². The van der Waals surface area contributed by atoms with Crippen LogP contribution in [0, 0.1) is 17.8 Å². The van der Waals surface area contributed by atoms with Crippen LogP contribution in [0.3, 0.4) is 0 Å². The molecule has 0 saturated heterocycles. The van der Waals surface area contributed by atoms with Gasteiger partial charge in [-0.2, -0.15) is 5.10 Å². The van der Waals surface area contributed by atoms with Gasteiger partial charge in [0, 0.05) is 12.1 Å². The second-order valence-corrected chi connectivity index (χ2v) is 6.72. The normalized spacial score (nSPS) is 31.3. The lowest BCUT2D eigenvalue weighted by Gasteiger charge is -2.28. The fraction of sp³-hybridized carbons (Fsp3) is 0.867. The molecule has 2 saturated carbocycles. The third-order valence-corrected chi connectivity index (χ3v) is 5.15. The van der Waals surface area contributed by atoms with Crippen LogP contribution in [0.2, 0.25) is 0 Å². The van der Waals surface area contributed by atoms with Gasteiger partial charge in [0.1, 0.15) is 12.2 Å². The quantitative estimate of drug-likeness (QED) is 0.887. The van der Waals surface area contributed by atoms with Crippen LogP contribution in [0.1, 0.15) is 58.3 Å². The van der Waals surface area contributed by atoms with E-state index in [1.165, 1.54) is 25.7 Å². The molecule has 1 aromatic heterocycles. The minimum atomic E-state index is 0.386. The molecule has 106 valence electrons. The summed E-state index contributed by atoms with van der Waals surface area (Å²) in [5, 5.41) is 7.98. The molecule has 0 spiro atoms. The van der Waals surface area contributed by atoms with Gasteiger partial charge in [-0.15, -0.1) is 0 Å². The van der Waals surface area contributed by atoms with Crippen molar-refractivity contribution in [2.45, 2.75) is 65.1 Å². The molecular weight excluding hydrogens is 236 g/mol. The van der Waals surface area contributed by atoms with Gasteiger partial charge in [-0.3, -0.25) is 0 Å². The molecular formula is C15H26N4. The number of nitrogens with zero attached hydrogens (tertiary/aromatic N) is 3. The van der Waals surface area contributed by atoms with Crippen molar-refractivity contribution >= 4 is 0 Å². The Balaban J connectivity index is 1.56. The molecule has 4 nitrogen and oxygen atoms in total. The fourth-order valence-corrected chi connectivity index (χ4v) is 4.14. The molecule has 1 aromatic rings. The molecule has 0 amide bonds. The smallest absolute Gasteiger partial charge is 0.141 e. The average molecular weight is 262 g/mol. The maximum atomic E-state index is 4.37. The molecule has 1 N–H and O–H groups in total. The van der Waals surface area contributed by atoms with Gasteiger partial charge >= 0.3 is 0 Å². The lowest BCUT2D eigenvalue weighted by atomic mass is 9.84. The number of fused-ring (bicyclic) bond motifs is 2. The summed E-state index contributed by atoms with van der Waals surface area (Å²) in [7, 11) is 0. The van der Waals surface area contributed by atoms with Gasteiger partial charge in [0.05, 0.1) is 6.54 Å². The van der Waals surface area contributed by atoms with E-state index in [1.807, 2.05) is 4.68 Å². The highest BCUT2D eigenvalue weighted by molar-refractivity contribution is 4.95. The van der Waals surface area contributed by atoms with Crippen LogP contribution >= 0.6 is 0 Å². The van der Waals surface area contributed by atoms with E-state index in [4.69, 9.17) is 0 Å². The predicted octanol–water partition coefficient (Wildman–Crippen LogP) is 2.77. The Morgan fingerprint density at radius 2 is 2.16 bits per heavy atom. The molecule has 2 fully saturated rings. The standard InChI is InChI=1S/C15H26N4/c1-10(2)19-15(17-9-18-19)8-16-11(3)14-7-12-4-5-13(14)6-12/h9-14,16H,4-8H2,1-3H3. The zero-order valence-corrected chi connectivity index (χ0v) is 12.3. The highest BCUT2D eigenvalue weighted by Gasteiger charge is 2.41. The average Bonchev–Trinajstić information content (AvgIpc) is 3.10. The third-order valence-electron chi connectivity index (χ3n) is 5.15. The maximum Gasteiger partial charge on any atom is 0.141 e. The zero-order valence-electron chi connectivity index (χ0n) is 12.3. The van der Waals surface area contributed by atoms with Gasteiger partial charge in [0.15, 0.2) is 0 Å². The Morgan fingerprint density at radius 3 is 2.79 bits per heavy atom. The summed E-state index contributed by atoms with van der Waals surface area (Å²) in [4.78, 5) is 4.37. The lowest BCUT2D eigenvalue weighted by molar-refractivity contribution is 0.257. The van der Waals surface area contributed by atoms with Crippen LogP contribution < -0.4 is 5.32 Å². The number of rotatable bonds is 5. The number of nitrogens with one attached hydrogen (secondary N) is 1. The Hall–Kier alpha value is -0.900. The molecule has 0 radical (unpaired) electrons. The van der Waals surface area contributed by atoms with Crippen molar-refractivity contribution in [3.05, 3.63) is 12.2 Å². The molecule has 2 aliphatic carbocycles. The molecule has 4 unspecified atom stereocenters. The molecule has 2 bridgehead atoms. The van der Waals surface area contributed by atoms with Gasteiger partial charge in [0.25, 0.3) is 0 Å². The van der Waals surface area contributed by atoms with Gasteiger partial charge in [-0.25, -0.2) is 9.67 Å². The summed E-state index contributed by atoms with van der Waals surface area (Å²) < 4.78 is 2.01. The lowest BCUT2D eigenvalue weighted by Crippen LogP contribution is -2.36. The second kappa shape index (κ2) is 5.23. The van der Waals surface area contributed by atoms with Gasteiger partial charge in [0.2, 0.25) is 0 Å². The topological polar surface area (TPSA) is 42.7 Å². The summed E-state index contributed by atoms with van der Waals surface area (Å²) in [6, 6.07) is 0.990. The predicted molar refractivity (Wildman–Crippen MR) is 75.6 cm³/mol. The fourth-order valence-electron chi connectivity index (χ4n) is 4.14. The molecule has 4 heteroatoms. The van der Waals surface area contributed by atoms with E-state index >= 15 is 0 Å².